The van der Waals surface area contributed by atoms with Crippen LogP contribution in [0.15, 0.2) is 0 Å². The summed E-state index contributed by atoms with van der Waals surface area (Å²) in [6.45, 7) is 0. The van der Waals surface area contributed by atoms with Crippen LogP contribution in [0.5, 0.6) is 0 Å². The molecule has 4 nitrogen and oxygen atoms in total. The minimum absolute atomic E-state index is 0.852. The Morgan fingerprint density at radius 1 is 0.621 bits per heavy atom. The Morgan fingerprint density at radius 2 is 0.862 bits per heavy atom. The quantitative estimate of drug-likeness (QED) is 0.242. The van der Waals surface area contributed by atoms with Gasteiger partial charge >= 0.3 is 120 Å². The molecule has 0 saturated heterocycles. The molecule has 14 heteroatoms. The van der Waals surface area contributed by atoms with Crippen molar-refractivity contribution in [3.8, 4) is 0 Å². The molecule has 0 aliphatic carbocycles. The molecule has 29 heavy (non-hydrogen) atoms. The molecular formula is C15H12F8N4STe. The van der Waals surface area contributed by atoms with Crippen LogP contribution < -0.4 is 7.22 Å². The first-order valence-electron chi connectivity index (χ1n) is 7.25. The Hall–Kier alpha value is -1.78. The average molecular weight is 560 g/mol. The molecule has 2 aromatic heterocycles. The van der Waals surface area contributed by atoms with Gasteiger partial charge in [-0.1, -0.05) is 0 Å². The molecule has 0 aliphatic heterocycles. The van der Waals surface area contributed by atoms with E-state index in [1.165, 1.54) is 0 Å². The van der Waals surface area contributed by atoms with Crippen LogP contribution in [0.2, 0.25) is 0 Å². The van der Waals surface area contributed by atoms with Gasteiger partial charge in [0.15, 0.2) is 5.11 Å². The number of nitrogens with zero attached hydrogens (tertiary/aromatic N) is 4. The van der Waals surface area contributed by atoms with Gasteiger partial charge < -0.3 is 9.80 Å². The number of pyridine rings is 2. The van der Waals surface area contributed by atoms with Gasteiger partial charge in [0.25, 0.3) is 0 Å². The van der Waals surface area contributed by atoms with E-state index in [-0.39, 0.29) is 0 Å². The van der Waals surface area contributed by atoms with E-state index in [1.807, 2.05) is 38.0 Å². The van der Waals surface area contributed by atoms with Crippen LogP contribution in [-0.2, 0) is 0 Å². The predicted octanol–water partition coefficient (Wildman–Crippen LogP) is 1.64. The van der Waals surface area contributed by atoms with E-state index >= 15 is 0 Å². The van der Waals surface area contributed by atoms with Crippen molar-refractivity contribution >= 4 is 45.5 Å². The second-order valence-corrected chi connectivity index (χ2v) is 8.75. The van der Waals surface area contributed by atoms with Gasteiger partial charge in [0.1, 0.15) is 0 Å². The van der Waals surface area contributed by atoms with Crippen LogP contribution in [0.1, 0.15) is 0 Å². The summed E-state index contributed by atoms with van der Waals surface area (Å²) in [6, 6.07) is 0. The van der Waals surface area contributed by atoms with E-state index in [0.29, 0.717) is 0 Å². The van der Waals surface area contributed by atoms with E-state index in [4.69, 9.17) is 12.2 Å². The maximum absolute atomic E-state index is 13.3. The topological polar surface area (TPSA) is 32.3 Å². The zero-order valence-electron chi connectivity index (χ0n) is 15.1. The van der Waals surface area contributed by atoms with Crippen LogP contribution in [0.3, 0.4) is 0 Å². The maximum atomic E-state index is 13.3. The monoisotopic (exact) mass is 562 g/mol. The molecule has 0 bridgehead atoms. The molecule has 0 fully saturated rings. The number of thiocarbonyl (C=S) groups is 1. The summed E-state index contributed by atoms with van der Waals surface area (Å²) in [5.41, 5.74) is 0. The van der Waals surface area contributed by atoms with Crippen LogP contribution in [0.4, 0.5) is 35.1 Å². The predicted molar refractivity (Wildman–Crippen MR) is 93.1 cm³/mol. The number of aromatic nitrogens is 2. The van der Waals surface area contributed by atoms with Crippen molar-refractivity contribution in [2.45, 2.75) is 0 Å². The third kappa shape index (κ3) is 6.10. The van der Waals surface area contributed by atoms with Gasteiger partial charge in [0.05, 0.1) is 0 Å². The molecule has 160 valence electrons. The van der Waals surface area contributed by atoms with Crippen molar-refractivity contribution in [3.63, 3.8) is 0 Å². The Bertz CT molecular complexity index is 802. The van der Waals surface area contributed by atoms with Gasteiger partial charge in [0.2, 0.25) is 0 Å². The number of halogens is 8. The molecule has 0 atom stereocenters. The summed E-state index contributed by atoms with van der Waals surface area (Å²) >= 11 is 2.07. The van der Waals surface area contributed by atoms with Crippen LogP contribution >= 0.6 is 12.2 Å². The third-order valence-electron chi connectivity index (χ3n) is 2.88. The molecule has 0 unspecified atom stereocenters. The van der Waals surface area contributed by atoms with Crippen molar-refractivity contribution in [1.82, 2.24) is 19.8 Å². The SMILES string of the molecule is CN(C)C(=S)N(C)C.Fc1nc(F)c(F)c([Te]c2c(F)c(F)nc(F)c2F)c1F. The van der Waals surface area contributed by atoms with E-state index < -0.39 is 75.2 Å². The van der Waals surface area contributed by atoms with Crippen molar-refractivity contribution in [1.29, 1.82) is 0 Å². The summed E-state index contributed by atoms with van der Waals surface area (Å²) in [7, 11) is 7.73. The van der Waals surface area contributed by atoms with Crippen LogP contribution in [0.25, 0.3) is 0 Å². The molecule has 0 saturated carbocycles. The fourth-order valence-corrected chi connectivity index (χ4v) is 4.18. The first kappa shape index (κ1) is 25.3. The van der Waals surface area contributed by atoms with E-state index in [1.54, 1.807) is 0 Å². The summed E-state index contributed by atoms with van der Waals surface area (Å²) < 4.78 is 102. The Labute approximate surface area is 175 Å². The zero-order chi connectivity index (χ0) is 22.6. The fourth-order valence-electron chi connectivity index (χ4n) is 1.62. The van der Waals surface area contributed by atoms with Crippen LogP contribution in [-0.4, -0.2) is 74.0 Å². The fraction of sp³-hybridized carbons (Fsp3) is 0.267. The zero-order valence-corrected chi connectivity index (χ0v) is 18.3. The Kier molecular flexibility index (Phi) is 8.98. The van der Waals surface area contributed by atoms with Crippen molar-refractivity contribution in [3.05, 3.63) is 47.1 Å². The number of hydrogen-bond acceptors (Lipinski definition) is 3. The molecule has 2 aromatic rings. The first-order chi connectivity index (χ1) is 13.3. The summed E-state index contributed by atoms with van der Waals surface area (Å²) in [4.78, 5) is 8.29. The summed E-state index contributed by atoms with van der Waals surface area (Å²) in [6.07, 6.45) is 0. The summed E-state index contributed by atoms with van der Waals surface area (Å²) in [5, 5.41) is 0.852. The molecule has 2 heterocycles. The average Bonchev–Trinajstić information content (AvgIpc) is 2.64. The second-order valence-electron chi connectivity index (χ2n) is 5.47. The molecule has 2 rings (SSSR count). The van der Waals surface area contributed by atoms with Gasteiger partial charge in [-0.3, -0.25) is 0 Å². The molecular weight excluding hydrogens is 548 g/mol. The molecule has 0 N–H and O–H groups in total. The van der Waals surface area contributed by atoms with E-state index in [0.717, 1.165) is 5.11 Å². The van der Waals surface area contributed by atoms with Crippen molar-refractivity contribution in [2.75, 3.05) is 28.2 Å². The Morgan fingerprint density at radius 3 is 1.03 bits per heavy atom. The van der Waals surface area contributed by atoms with Gasteiger partial charge in [-0.05, 0) is 12.2 Å². The van der Waals surface area contributed by atoms with Gasteiger partial charge in [-0.15, -0.1) is 0 Å². The van der Waals surface area contributed by atoms with Gasteiger partial charge in [-0.2, -0.15) is 0 Å². The van der Waals surface area contributed by atoms with E-state index in [9.17, 15) is 35.1 Å². The van der Waals surface area contributed by atoms with Crippen molar-refractivity contribution < 1.29 is 35.1 Å². The minimum atomic E-state index is -2.88. The molecule has 0 aliphatic rings. The second kappa shape index (κ2) is 10.3. The van der Waals surface area contributed by atoms with Gasteiger partial charge in [-0.25, -0.2) is 0 Å². The normalized spacial score (nSPS) is 10.3. The molecule has 0 amide bonds. The van der Waals surface area contributed by atoms with Gasteiger partial charge in [0, 0.05) is 28.2 Å². The third-order valence-corrected chi connectivity index (χ3v) is 6.83. The Balaban J connectivity index is 0.000000447. The molecule has 0 spiro atoms. The summed E-state index contributed by atoms with van der Waals surface area (Å²) in [5.74, 6) is -16.1. The van der Waals surface area contributed by atoms with Crippen molar-refractivity contribution in [2.24, 2.45) is 0 Å². The standard InChI is InChI=1S/C10F8N2Te.C5H12N2S/c11-1-5(2(12)8(16)19-7(1)15)21-6-3(13)9(17)20-10(18)4(6)14;1-6(2)5(8)7(3)4/h;1-4H3. The molecule has 0 radical (unpaired) electrons. The number of hydrogen-bond donors (Lipinski definition) is 0. The molecule has 0 aromatic carbocycles. The van der Waals surface area contributed by atoms with Crippen LogP contribution in [0, 0.1) is 47.1 Å². The first-order valence-corrected chi connectivity index (χ1v) is 9.99. The van der Waals surface area contributed by atoms with E-state index in [2.05, 4.69) is 9.97 Å². The number of rotatable bonds is 2.